The maximum Gasteiger partial charge on any atom is 0.159 e. The average molecular weight is 338 g/mol. The topological polar surface area (TPSA) is 51.8 Å². The first kappa shape index (κ1) is 15.1. The molecule has 5 heteroatoms. The SMILES string of the molecule is Cc1nc(-c2cc(F)cc(Br)c2)nc(C)c1CCCN. The van der Waals surface area contributed by atoms with Gasteiger partial charge in [0.1, 0.15) is 5.82 Å². The molecule has 106 valence electrons. The van der Waals surface area contributed by atoms with Gasteiger partial charge in [-0.3, -0.25) is 0 Å². The molecular formula is C15H17BrFN3. The summed E-state index contributed by atoms with van der Waals surface area (Å²) in [5.74, 6) is 0.247. The molecule has 0 aliphatic carbocycles. The van der Waals surface area contributed by atoms with Gasteiger partial charge in [-0.15, -0.1) is 0 Å². The van der Waals surface area contributed by atoms with Crippen LogP contribution in [0.4, 0.5) is 4.39 Å². The Morgan fingerprint density at radius 1 is 1.15 bits per heavy atom. The number of hydrogen-bond acceptors (Lipinski definition) is 3. The van der Waals surface area contributed by atoms with Gasteiger partial charge in [-0.05, 0) is 57.0 Å². The first-order valence-corrected chi connectivity index (χ1v) is 7.31. The molecule has 0 saturated heterocycles. The third-order valence-corrected chi connectivity index (χ3v) is 3.63. The van der Waals surface area contributed by atoms with Crippen LogP contribution < -0.4 is 5.73 Å². The van der Waals surface area contributed by atoms with E-state index in [1.54, 1.807) is 0 Å². The molecule has 0 aliphatic rings. The molecule has 0 amide bonds. The minimum absolute atomic E-state index is 0.305. The summed E-state index contributed by atoms with van der Waals surface area (Å²) >= 11 is 3.29. The first-order valence-electron chi connectivity index (χ1n) is 6.52. The van der Waals surface area contributed by atoms with E-state index in [2.05, 4.69) is 25.9 Å². The highest BCUT2D eigenvalue weighted by molar-refractivity contribution is 9.10. The van der Waals surface area contributed by atoms with Gasteiger partial charge in [-0.1, -0.05) is 15.9 Å². The Kier molecular flexibility index (Phi) is 4.83. The van der Waals surface area contributed by atoms with Gasteiger partial charge < -0.3 is 5.73 Å². The molecule has 0 bridgehead atoms. The van der Waals surface area contributed by atoms with Crippen LogP contribution in [0.5, 0.6) is 0 Å². The van der Waals surface area contributed by atoms with Crippen molar-refractivity contribution < 1.29 is 4.39 Å². The number of nitrogens with two attached hydrogens (primary N) is 1. The molecule has 2 aromatic rings. The van der Waals surface area contributed by atoms with Crippen LogP contribution in [0.3, 0.4) is 0 Å². The molecule has 0 radical (unpaired) electrons. The zero-order valence-electron chi connectivity index (χ0n) is 11.6. The number of nitrogens with zero attached hydrogens (tertiary/aromatic N) is 2. The molecule has 0 fully saturated rings. The summed E-state index contributed by atoms with van der Waals surface area (Å²) in [5, 5.41) is 0. The lowest BCUT2D eigenvalue weighted by atomic mass is 10.1. The Morgan fingerprint density at radius 2 is 1.80 bits per heavy atom. The molecule has 0 saturated carbocycles. The van der Waals surface area contributed by atoms with Crippen molar-refractivity contribution in [2.45, 2.75) is 26.7 Å². The van der Waals surface area contributed by atoms with Crippen LogP contribution in [0.25, 0.3) is 11.4 Å². The predicted octanol–water partition coefficient (Wildman–Crippen LogP) is 3.55. The lowest BCUT2D eigenvalue weighted by Crippen LogP contribution is -2.06. The van der Waals surface area contributed by atoms with Gasteiger partial charge in [0.05, 0.1) is 0 Å². The maximum atomic E-state index is 13.5. The Balaban J connectivity index is 2.43. The average Bonchev–Trinajstić information content (AvgIpc) is 2.36. The molecule has 20 heavy (non-hydrogen) atoms. The minimum atomic E-state index is -0.305. The van der Waals surface area contributed by atoms with Crippen LogP contribution >= 0.6 is 15.9 Å². The summed E-state index contributed by atoms with van der Waals surface area (Å²) in [5.41, 5.74) is 9.22. The molecule has 2 N–H and O–H groups in total. The highest BCUT2D eigenvalue weighted by atomic mass is 79.9. The normalized spacial score (nSPS) is 10.8. The molecule has 1 heterocycles. The third-order valence-electron chi connectivity index (χ3n) is 3.17. The molecule has 3 nitrogen and oxygen atoms in total. The molecule has 0 unspecified atom stereocenters. The standard InChI is InChI=1S/C15H17BrFN3/c1-9-14(4-3-5-18)10(2)20-15(19-9)11-6-12(16)8-13(17)7-11/h6-8H,3-5,18H2,1-2H3. The zero-order valence-corrected chi connectivity index (χ0v) is 13.2. The molecule has 2 rings (SSSR count). The molecule has 1 aromatic carbocycles. The fourth-order valence-electron chi connectivity index (χ4n) is 2.19. The van der Waals surface area contributed by atoms with Gasteiger partial charge >= 0.3 is 0 Å². The quantitative estimate of drug-likeness (QED) is 0.928. The van der Waals surface area contributed by atoms with Crippen LogP contribution in [-0.2, 0) is 6.42 Å². The fraction of sp³-hybridized carbons (Fsp3) is 0.333. The Bertz CT molecular complexity index is 585. The summed E-state index contributed by atoms with van der Waals surface area (Å²) in [6.07, 6.45) is 1.79. The molecule has 0 aliphatic heterocycles. The van der Waals surface area contributed by atoms with Crippen molar-refractivity contribution in [2.24, 2.45) is 5.73 Å². The Labute approximate surface area is 126 Å². The molecule has 0 atom stereocenters. The van der Waals surface area contributed by atoms with E-state index >= 15 is 0 Å². The van der Waals surface area contributed by atoms with Crippen LogP contribution in [0.1, 0.15) is 23.4 Å². The lowest BCUT2D eigenvalue weighted by Gasteiger charge is -2.11. The van der Waals surface area contributed by atoms with E-state index in [9.17, 15) is 4.39 Å². The maximum absolute atomic E-state index is 13.5. The number of aromatic nitrogens is 2. The van der Waals surface area contributed by atoms with E-state index in [1.165, 1.54) is 12.1 Å². The highest BCUT2D eigenvalue weighted by Crippen LogP contribution is 2.24. The number of rotatable bonds is 4. The number of aryl methyl sites for hydroxylation is 2. The number of hydrogen-bond donors (Lipinski definition) is 1. The Morgan fingerprint density at radius 3 is 2.35 bits per heavy atom. The predicted molar refractivity (Wildman–Crippen MR) is 82.0 cm³/mol. The van der Waals surface area contributed by atoms with Crippen molar-refractivity contribution in [3.63, 3.8) is 0 Å². The van der Waals surface area contributed by atoms with Crippen LogP contribution in [0, 0.1) is 19.7 Å². The van der Waals surface area contributed by atoms with Crippen LogP contribution in [0.2, 0.25) is 0 Å². The van der Waals surface area contributed by atoms with E-state index < -0.39 is 0 Å². The second-order valence-corrected chi connectivity index (χ2v) is 5.66. The highest BCUT2D eigenvalue weighted by Gasteiger charge is 2.11. The van der Waals surface area contributed by atoms with E-state index in [4.69, 9.17) is 5.73 Å². The summed E-state index contributed by atoms with van der Waals surface area (Å²) in [4.78, 5) is 9.00. The van der Waals surface area contributed by atoms with Crippen molar-refractivity contribution in [1.82, 2.24) is 9.97 Å². The van der Waals surface area contributed by atoms with Gasteiger partial charge in [0.15, 0.2) is 5.82 Å². The van der Waals surface area contributed by atoms with Crippen molar-refractivity contribution in [1.29, 1.82) is 0 Å². The van der Waals surface area contributed by atoms with Gasteiger partial charge in [-0.2, -0.15) is 0 Å². The van der Waals surface area contributed by atoms with Gasteiger partial charge in [-0.25, -0.2) is 14.4 Å². The van der Waals surface area contributed by atoms with E-state index in [0.717, 1.165) is 29.8 Å². The largest absolute Gasteiger partial charge is 0.330 e. The number of halogens is 2. The van der Waals surface area contributed by atoms with Crippen molar-refractivity contribution >= 4 is 15.9 Å². The van der Waals surface area contributed by atoms with Crippen molar-refractivity contribution in [2.75, 3.05) is 6.54 Å². The fourth-order valence-corrected chi connectivity index (χ4v) is 2.66. The van der Waals surface area contributed by atoms with Crippen LogP contribution in [0.15, 0.2) is 22.7 Å². The Hall–Kier alpha value is -1.33. The summed E-state index contributed by atoms with van der Waals surface area (Å²) in [6, 6.07) is 4.67. The summed E-state index contributed by atoms with van der Waals surface area (Å²) < 4.78 is 14.1. The van der Waals surface area contributed by atoms with E-state index in [0.29, 0.717) is 22.4 Å². The van der Waals surface area contributed by atoms with Gasteiger partial charge in [0.2, 0.25) is 0 Å². The van der Waals surface area contributed by atoms with Gasteiger partial charge in [0, 0.05) is 21.4 Å². The second kappa shape index (κ2) is 6.41. The third kappa shape index (κ3) is 3.41. The van der Waals surface area contributed by atoms with Gasteiger partial charge in [0.25, 0.3) is 0 Å². The second-order valence-electron chi connectivity index (χ2n) is 4.75. The smallest absolute Gasteiger partial charge is 0.159 e. The first-order chi connectivity index (χ1) is 9.51. The monoisotopic (exact) mass is 337 g/mol. The van der Waals surface area contributed by atoms with Crippen molar-refractivity contribution in [3.05, 3.63) is 45.4 Å². The minimum Gasteiger partial charge on any atom is -0.330 e. The molecular weight excluding hydrogens is 321 g/mol. The van der Waals surface area contributed by atoms with Crippen molar-refractivity contribution in [3.8, 4) is 11.4 Å². The van der Waals surface area contributed by atoms with E-state index in [-0.39, 0.29) is 5.82 Å². The molecule has 0 spiro atoms. The summed E-state index contributed by atoms with van der Waals surface area (Å²) in [7, 11) is 0. The van der Waals surface area contributed by atoms with E-state index in [1.807, 2.05) is 19.9 Å². The summed E-state index contributed by atoms with van der Waals surface area (Å²) in [6.45, 7) is 4.56. The molecule has 1 aromatic heterocycles. The van der Waals surface area contributed by atoms with Crippen LogP contribution in [-0.4, -0.2) is 16.5 Å². The number of benzene rings is 1. The lowest BCUT2D eigenvalue weighted by molar-refractivity contribution is 0.627. The zero-order chi connectivity index (χ0) is 14.7.